The van der Waals surface area contributed by atoms with Gasteiger partial charge < -0.3 is 10.4 Å². The molecule has 0 saturated heterocycles. The molecule has 0 heterocycles. The van der Waals surface area contributed by atoms with E-state index in [9.17, 15) is 0 Å². The first-order valence-corrected chi connectivity index (χ1v) is 3.69. The standard InChI is InChI=1S/C7H15NO/c1-6(7-2-3-7)8-4-5-9/h6-9H,2-5H2,1H3/t6-/m0/s1. The Morgan fingerprint density at radius 1 is 1.67 bits per heavy atom. The zero-order valence-electron chi connectivity index (χ0n) is 5.93. The molecule has 2 nitrogen and oxygen atoms in total. The van der Waals surface area contributed by atoms with Crippen LogP contribution in [-0.4, -0.2) is 24.3 Å². The lowest BCUT2D eigenvalue weighted by molar-refractivity contribution is 0.282. The molecule has 0 aromatic carbocycles. The molecule has 0 amide bonds. The summed E-state index contributed by atoms with van der Waals surface area (Å²) >= 11 is 0. The number of aliphatic hydroxyl groups is 1. The summed E-state index contributed by atoms with van der Waals surface area (Å²) in [6.07, 6.45) is 2.75. The summed E-state index contributed by atoms with van der Waals surface area (Å²) in [6.45, 7) is 3.20. The van der Waals surface area contributed by atoms with Gasteiger partial charge in [-0.25, -0.2) is 0 Å². The van der Waals surface area contributed by atoms with Gasteiger partial charge in [-0.15, -0.1) is 0 Å². The van der Waals surface area contributed by atoms with E-state index in [4.69, 9.17) is 5.11 Å². The molecule has 0 radical (unpaired) electrons. The van der Waals surface area contributed by atoms with E-state index >= 15 is 0 Å². The molecule has 0 spiro atoms. The Hall–Kier alpha value is -0.0800. The lowest BCUT2D eigenvalue weighted by Gasteiger charge is -2.09. The lowest BCUT2D eigenvalue weighted by Crippen LogP contribution is -2.30. The third-order valence-corrected chi connectivity index (χ3v) is 1.91. The van der Waals surface area contributed by atoms with E-state index in [1.54, 1.807) is 0 Å². The van der Waals surface area contributed by atoms with Crippen LogP contribution in [0.5, 0.6) is 0 Å². The fraction of sp³-hybridized carbons (Fsp3) is 1.00. The Kier molecular flexibility index (Phi) is 2.49. The molecule has 1 atom stereocenters. The van der Waals surface area contributed by atoms with E-state index in [1.807, 2.05) is 0 Å². The monoisotopic (exact) mass is 129 g/mol. The summed E-state index contributed by atoms with van der Waals surface area (Å²) in [5, 5.41) is 11.7. The normalized spacial score (nSPS) is 22.0. The average Bonchev–Trinajstić information content (AvgIpc) is 2.63. The average molecular weight is 129 g/mol. The SMILES string of the molecule is C[C@H](NCCO)C1CC1. The van der Waals surface area contributed by atoms with Crippen LogP contribution in [0.1, 0.15) is 19.8 Å². The second kappa shape index (κ2) is 3.18. The topological polar surface area (TPSA) is 32.3 Å². The second-order valence-corrected chi connectivity index (χ2v) is 2.80. The van der Waals surface area contributed by atoms with Crippen LogP contribution in [0.4, 0.5) is 0 Å². The molecule has 2 N–H and O–H groups in total. The van der Waals surface area contributed by atoms with Crippen LogP contribution < -0.4 is 5.32 Å². The van der Waals surface area contributed by atoms with Crippen LogP contribution in [0, 0.1) is 5.92 Å². The highest BCUT2D eigenvalue weighted by atomic mass is 16.3. The van der Waals surface area contributed by atoms with Gasteiger partial charge in [0.05, 0.1) is 6.61 Å². The van der Waals surface area contributed by atoms with Gasteiger partial charge >= 0.3 is 0 Å². The minimum absolute atomic E-state index is 0.261. The molecular formula is C7H15NO. The molecule has 1 saturated carbocycles. The third-order valence-electron chi connectivity index (χ3n) is 1.91. The van der Waals surface area contributed by atoms with E-state index in [1.165, 1.54) is 12.8 Å². The minimum atomic E-state index is 0.261. The smallest absolute Gasteiger partial charge is 0.0556 e. The second-order valence-electron chi connectivity index (χ2n) is 2.80. The lowest BCUT2D eigenvalue weighted by atomic mass is 10.2. The Morgan fingerprint density at radius 2 is 2.33 bits per heavy atom. The zero-order chi connectivity index (χ0) is 6.69. The maximum atomic E-state index is 8.45. The predicted molar refractivity (Wildman–Crippen MR) is 37.3 cm³/mol. The summed E-state index contributed by atoms with van der Waals surface area (Å²) in [7, 11) is 0. The summed E-state index contributed by atoms with van der Waals surface area (Å²) in [5.41, 5.74) is 0. The molecule has 1 aliphatic carbocycles. The summed E-state index contributed by atoms with van der Waals surface area (Å²) in [4.78, 5) is 0. The highest BCUT2D eigenvalue weighted by Crippen LogP contribution is 2.32. The van der Waals surface area contributed by atoms with E-state index in [0.29, 0.717) is 6.04 Å². The maximum absolute atomic E-state index is 8.45. The molecule has 0 aromatic rings. The first kappa shape index (κ1) is 7.03. The van der Waals surface area contributed by atoms with E-state index in [0.717, 1.165) is 12.5 Å². The van der Waals surface area contributed by atoms with Gasteiger partial charge in [-0.05, 0) is 25.7 Å². The number of hydrogen-bond donors (Lipinski definition) is 2. The molecule has 0 aliphatic heterocycles. The van der Waals surface area contributed by atoms with E-state index in [-0.39, 0.29) is 6.61 Å². The molecule has 0 aromatic heterocycles. The van der Waals surface area contributed by atoms with Gasteiger partial charge in [0.2, 0.25) is 0 Å². The van der Waals surface area contributed by atoms with Crippen molar-refractivity contribution in [3.05, 3.63) is 0 Å². The molecule has 2 heteroatoms. The molecule has 1 fully saturated rings. The van der Waals surface area contributed by atoms with Gasteiger partial charge in [-0.2, -0.15) is 0 Å². The van der Waals surface area contributed by atoms with Crippen molar-refractivity contribution in [1.29, 1.82) is 0 Å². The molecular weight excluding hydrogens is 114 g/mol. The van der Waals surface area contributed by atoms with Gasteiger partial charge in [-0.1, -0.05) is 0 Å². The van der Waals surface area contributed by atoms with Gasteiger partial charge in [0.1, 0.15) is 0 Å². The molecule has 9 heavy (non-hydrogen) atoms. The Balaban J connectivity index is 1.96. The van der Waals surface area contributed by atoms with Gasteiger partial charge in [-0.3, -0.25) is 0 Å². The summed E-state index contributed by atoms with van der Waals surface area (Å²) < 4.78 is 0. The molecule has 1 rings (SSSR count). The Bertz CT molecular complexity index is 81.0. The minimum Gasteiger partial charge on any atom is -0.395 e. The molecule has 54 valence electrons. The van der Waals surface area contributed by atoms with Crippen molar-refractivity contribution in [3.8, 4) is 0 Å². The van der Waals surface area contributed by atoms with Crippen LogP contribution in [0.2, 0.25) is 0 Å². The van der Waals surface area contributed by atoms with Crippen LogP contribution in [0.15, 0.2) is 0 Å². The first-order valence-electron chi connectivity index (χ1n) is 3.69. The van der Waals surface area contributed by atoms with Gasteiger partial charge in [0.15, 0.2) is 0 Å². The predicted octanol–water partition coefficient (Wildman–Crippen LogP) is 0.367. The number of hydrogen-bond acceptors (Lipinski definition) is 2. The summed E-state index contributed by atoms with van der Waals surface area (Å²) in [5.74, 6) is 0.900. The van der Waals surface area contributed by atoms with E-state index < -0.39 is 0 Å². The Morgan fingerprint density at radius 3 is 2.78 bits per heavy atom. The highest BCUT2D eigenvalue weighted by Gasteiger charge is 2.26. The number of aliphatic hydroxyl groups excluding tert-OH is 1. The van der Waals surface area contributed by atoms with Crippen LogP contribution in [0.25, 0.3) is 0 Å². The quantitative estimate of drug-likeness (QED) is 0.574. The fourth-order valence-electron chi connectivity index (χ4n) is 1.06. The molecule has 0 bridgehead atoms. The van der Waals surface area contributed by atoms with Crippen molar-refractivity contribution in [2.24, 2.45) is 5.92 Å². The van der Waals surface area contributed by atoms with Crippen molar-refractivity contribution in [2.45, 2.75) is 25.8 Å². The van der Waals surface area contributed by atoms with Gasteiger partial charge in [0, 0.05) is 12.6 Å². The number of rotatable bonds is 4. The molecule has 1 aliphatic rings. The van der Waals surface area contributed by atoms with Crippen molar-refractivity contribution >= 4 is 0 Å². The zero-order valence-corrected chi connectivity index (χ0v) is 5.93. The van der Waals surface area contributed by atoms with Crippen molar-refractivity contribution < 1.29 is 5.11 Å². The first-order chi connectivity index (χ1) is 4.34. The molecule has 0 unspecified atom stereocenters. The van der Waals surface area contributed by atoms with Crippen LogP contribution in [0.3, 0.4) is 0 Å². The van der Waals surface area contributed by atoms with Gasteiger partial charge in [0.25, 0.3) is 0 Å². The number of nitrogens with one attached hydrogen (secondary N) is 1. The maximum Gasteiger partial charge on any atom is 0.0556 e. The highest BCUT2D eigenvalue weighted by molar-refractivity contribution is 4.82. The third kappa shape index (κ3) is 2.33. The van der Waals surface area contributed by atoms with Crippen molar-refractivity contribution in [2.75, 3.05) is 13.2 Å². The summed E-state index contributed by atoms with van der Waals surface area (Å²) in [6, 6.07) is 0.622. The van der Waals surface area contributed by atoms with Crippen molar-refractivity contribution in [3.63, 3.8) is 0 Å². The van der Waals surface area contributed by atoms with Crippen molar-refractivity contribution in [1.82, 2.24) is 5.32 Å². The fourth-order valence-corrected chi connectivity index (χ4v) is 1.06. The Labute approximate surface area is 56.3 Å². The van der Waals surface area contributed by atoms with Crippen LogP contribution >= 0.6 is 0 Å². The van der Waals surface area contributed by atoms with E-state index in [2.05, 4.69) is 12.2 Å². The van der Waals surface area contributed by atoms with Crippen LogP contribution in [-0.2, 0) is 0 Å². The largest absolute Gasteiger partial charge is 0.395 e.